The zero-order chi connectivity index (χ0) is 12.6. The number of carbonyl (C=O) groups excluding carboxylic acids is 1. The van der Waals surface area contributed by atoms with Crippen molar-refractivity contribution in [1.29, 1.82) is 0 Å². The van der Waals surface area contributed by atoms with Crippen molar-refractivity contribution in [1.82, 2.24) is 4.90 Å². The molecule has 0 aromatic carbocycles. The Balaban J connectivity index is 2.11. The molecule has 1 amide bonds. The second kappa shape index (κ2) is 4.48. The Morgan fingerprint density at radius 2 is 1.94 bits per heavy atom. The Labute approximate surface area is 103 Å². The topological polar surface area (TPSA) is 49.8 Å². The normalized spacial score (nSPS) is 33.4. The number of carbonyl (C=O) groups is 1. The van der Waals surface area contributed by atoms with E-state index in [0.29, 0.717) is 0 Å². The largest absolute Gasteiger partial charge is 0.444 e. The molecule has 2 bridgehead atoms. The van der Waals surface area contributed by atoms with E-state index in [0.717, 1.165) is 32.1 Å². The van der Waals surface area contributed by atoms with Crippen molar-refractivity contribution in [2.45, 2.75) is 76.7 Å². The lowest BCUT2D eigenvalue weighted by atomic mass is 9.99. The van der Waals surface area contributed by atoms with Crippen molar-refractivity contribution in [3.8, 4) is 0 Å². The molecule has 0 aliphatic carbocycles. The SMILES string of the molecule is CC(C)(C)OC(=O)N1[C@H]2CCC[C@H](O)[C@@H]1CC2. The maximum Gasteiger partial charge on any atom is 0.410 e. The van der Waals surface area contributed by atoms with Crippen molar-refractivity contribution >= 4 is 6.09 Å². The Hall–Kier alpha value is -0.770. The number of fused-ring (bicyclic) bond motifs is 2. The van der Waals surface area contributed by atoms with Gasteiger partial charge in [-0.05, 0) is 52.9 Å². The van der Waals surface area contributed by atoms with Crippen molar-refractivity contribution in [2.75, 3.05) is 0 Å². The van der Waals surface area contributed by atoms with E-state index < -0.39 is 5.60 Å². The fourth-order valence-corrected chi connectivity index (χ4v) is 2.93. The van der Waals surface area contributed by atoms with Crippen molar-refractivity contribution in [2.24, 2.45) is 0 Å². The number of amides is 1. The molecule has 2 heterocycles. The van der Waals surface area contributed by atoms with Crippen LogP contribution in [0.1, 0.15) is 52.9 Å². The van der Waals surface area contributed by atoms with Crippen LogP contribution in [-0.2, 0) is 4.74 Å². The average Bonchev–Trinajstić information content (AvgIpc) is 2.50. The summed E-state index contributed by atoms with van der Waals surface area (Å²) in [5.41, 5.74) is -0.465. The third-order valence-corrected chi connectivity index (χ3v) is 3.63. The number of ether oxygens (including phenoxy) is 1. The van der Waals surface area contributed by atoms with Gasteiger partial charge in [0.25, 0.3) is 0 Å². The Bertz CT molecular complexity index is 298. The molecule has 2 saturated heterocycles. The molecule has 98 valence electrons. The van der Waals surface area contributed by atoms with Gasteiger partial charge >= 0.3 is 6.09 Å². The van der Waals surface area contributed by atoms with Gasteiger partial charge in [0.2, 0.25) is 0 Å². The predicted octanol–water partition coefficient (Wildman–Crippen LogP) is 2.30. The van der Waals surface area contributed by atoms with E-state index in [1.807, 2.05) is 20.8 Å². The van der Waals surface area contributed by atoms with Gasteiger partial charge in [-0.1, -0.05) is 0 Å². The number of rotatable bonds is 0. The molecule has 0 aromatic heterocycles. The number of aliphatic hydroxyl groups excluding tert-OH is 1. The summed E-state index contributed by atoms with van der Waals surface area (Å²) in [6.45, 7) is 5.63. The molecule has 4 heteroatoms. The summed E-state index contributed by atoms with van der Waals surface area (Å²) in [5, 5.41) is 10.0. The summed E-state index contributed by atoms with van der Waals surface area (Å²) in [4.78, 5) is 14.0. The Morgan fingerprint density at radius 1 is 1.24 bits per heavy atom. The molecule has 0 radical (unpaired) electrons. The highest BCUT2D eigenvalue weighted by atomic mass is 16.6. The quantitative estimate of drug-likeness (QED) is 0.708. The van der Waals surface area contributed by atoms with Gasteiger partial charge in [0, 0.05) is 6.04 Å². The highest BCUT2D eigenvalue weighted by Gasteiger charge is 2.43. The first kappa shape index (κ1) is 12.7. The lowest BCUT2D eigenvalue weighted by molar-refractivity contribution is 0.000111. The Morgan fingerprint density at radius 3 is 2.59 bits per heavy atom. The van der Waals surface area contributed by atoms with Crippen LogP contribution in [0.5, 0.6) is 0 Å². The molecule has 0 unspecified atom stereocenters. The van der Waals surface area contributed by atoms with Crippen LogP contribution in [0.15, 0.2) is 0 Å². The second-order valence-corrected chi connectivity index (χ2v) is 6.18. The molecule has 0 spiro atoms. The van der Waals surface area contributed by atoms with Gasteiger partial charge in [0.1, 0.15) is 5.60 Å². The van der Waals surface area contributed by atoms with Crippen molar-refractivity contribution < 1.29 is 14.6 Å². The van der Waals surface area contributed by atoms with Gasteiger partial charge in [0.05, 0.1) is 12.1 Å². The first-order valence-corrected chi connectivity index (χ1v) is 6.58. The third-order valence-electron chi connectivity index (χ3n) is 3.63. The maximum atomic E-state index is 12.2. The lowest BCUT2D eigenvalue weighted by Crippen LogP contribution is -2.47. The van der Waals surface area contributed by atoms with E-state index in [1.54, 1.807) is 4.90 Å². The average molecular weight is 241 g/mol. The fraction of sp³-hybridized carbons (Fsp3) is 0.923. The van der Waals surface area contributed by atoms with Crippen LogP contribution in [0.25, 0.3) is 0 Å². The van der Waals surface area contributed by atoms with Crippen molar-refractivity contribution in [3.05, 3.63) is 0 Å². The minimum Gasteiger partial charge on any atom is -0.444 e. The Kier molecular flexibility index (Phi) is 3.34. The number of hydrogen-bond acceptors (Lipinski definition) is 3. The second-order valence-electron chi connectivity index (χ2n) is 6.18. The summed E-state index contributed by atoms with van der Waals surface area (Å²) < 4.78 is 5.44. The molecule has 2 aliphatic heterocycles. The summed E-state index contributed by atoms with van der Waals surface area (Å²) in [6, 6.07) is 0.240. The van der Waals surface area contributed by atoms with E-state index in [1.165, 1.54) is 0 Å². The minimum atomic E-state index is -0.465. The van der Waals surface area contributed by atoms with Crippen LogP contribution < -0.4 is 0 Å². The zero-order valence-electron chi connectivity index (χ0n) is 11.0. The first-order chi connectivity index (χ1) is 7.88. The minimum absolute atomic E-state index is 0.0302. The van der Waals surface area contributed by atoms with E-state index in [9.17, 15) is 9.90 Å². The van der Waals surface area contributed by atoms with Crippen LogP contribution in [0.4, 0.5) is 4.79 Å². The van der Waals surface area contributed by atoms with E-state index in [-0.39, 0.29) is 24.3 Å². The van der Waals surface area contributed by atoms with Gasteiger partial charge in [-0.25, -0.2) is 4.79 Å². The maximum absolute atomic E-state index is 12.2. The monoisotopic (exact) mass is 241 g/mol. The molecule has 17 heavy (non-hydrogen) atoms. The molecule has 4 nitrogen and oxygen atoms in total. The molecular weight excluding hydrogens is 218 g/mol. The van der Waals surface area contributed by atoms with Crippen LogP contribution in [-0.4, -0.2) is 39.9 Å². The molecule has 3 atom stereocenters. The fourth-order valence-electron chi connectivity index (χ4n) is 2.93. The van der Waals surface area contributed by atoms with Crippen LogP contribution in [0.3, 0.4) is 0 Å². The number of hydrogen-bond donors (Lipinski definition) is 1. The molecule has 0 aromatic rings. The summed E-state index contributed by atoms with van der Waals surface area (Å²) in [5.74, 6) is 0. The molecule has 1 N–H and O–H groups in total. The van der Waals surface area contributed by atoms with E-state index in [2.05, 4.69) is 0 Å². The van der Waals surface area contributed by atoms with E-state index in [4.69, 9.17) is 4.74 Å². The van der Waals surface area contributed by atoms with Crippen molar-refractivity contribution in [3.63, 3.8) is 0 Å². The molecule has 0 saturated carbocycles. The molecular formula is C13H23NO3. The van der Waals surface area contributed by atoms with Crippen LogP contribution >= 0.6 is 0 Å². The lowest BCUT2D eigenvalue weighted by Gasteiger charge is -2.32. The smallest absolute Gasteiger partial charge is 0.410 e. The highest BCUT2D eigenvalue weighted by Crippen LogP contribution is 2.35. The zero-order valence-corrected chi connectivity index (χ0v) is 11.0. The summed E-state index contributed by atoms with van der Waals surface area (Å²) >= 11 is 0. The van der Waals surface area contributed by atoms with Crippen LogP contribution in [0.2, 0.25) is 0 Å². The van der Waals surface area contributed by atoms with Gasteiger partial charge in [-0.2, -0.15) is 0 Å². The van der Waals surface area contributed by atoms with Gasteiger partial charge in [0.15, 0.2) is 0 Å². The van der Waals surface area contributed by atoms with Gasteiger partial charge < -0.3 is 9.84 Å². The highest BCUT2D eigenvalue weighted by molar-refractivity contribution is 5.69. The molecule has 2 fully saturated rings. The van der Waals surface area contributed by atoms with E-state index >= 15 is 0 Å². The van der Waals surface area contributed by atoms with Gasteiger partial charge in [-0.15, -0.1) is 0 Å². The van der Waals surface area contributed by atoms with Crippen LogP contribution in [0, 0.1) is 0 Å². The third kappa shape index (κ3) is 2.73. The molecule has 2 aliphatic rings. The van der Waals surface area contributed by atoms with Gasteiger partial charge in [-0.3, -0.25) is 4.90 Å². The summed E-state index contributed by atoms with van der Waals surface area (Å²) in [7, 11) is 0. The number of aliphatic hydroxyl groups is 1. The predicted molar refractivity (Wildman–Crippen MR) is 64.7 cm³/mol. The standard InChI is InChI=1S/C13H23NO3/c1-13(2,3)17-12(16)14-9-5-4-6-11(15)10(14)8-7-9/h9-11,15H,4-8H2,1-3H3/t9-,10-,11-/m0/s1. The molecule has 2 rings (SSSR count). The number of nitrogens with zero attached hydrogens (tertiary/aromatic N) is 1. The first-order valence-electron chi connectivity index (χ1n) is 6.58. The summed E-state index contributed by atoms with van der Waals surface area (Å²) in [6.07, 6.45) is 4.07.